The van der Waals surface area contributed by atoms with E-state index in [4.69, 9.17) is 17.0 Å². The number of thioether (sulfide) groups is 1. The lowest BCUT2D eigenvalue weighted by Gasteiger charge is -2.34. The van der Waals surface area contributed by atoms with Crippen LogP contribution in [0.2, 0.25) is 0 Å². The molecule has 2 aliphatic heterocycles. The molecule has 0 aromatic heterocycles. The molecule has 35 heavy (non-hydrogen) atoms. The first-order valence-corrected chi connectivity index (χ1v) is 12.8. The van der Waals surface area contributed by atoms with Gasteiger partial charge in [0.05, 0.1) is 17.9 Å². The molecule has 10 heteroatoms. The number of rotatable bonds is 7. The van der Waals surface area contributed by atoms with E-state index < -0.39 is 12.0 Å². The van der Waals surface area contributed by atoms with Gasteiger partial charge in [-0.15, -0.1) is 0 Å². The van der Waals surface area contributed by atoms with E-state index in [9.17, 15) is 19.2 Å². The normalized spacial score (nSPS) is 19.8. The standard InChI is InChI=1S/C25H31N3O5S2/c1-5-33-21(30)15-18-22(31)26-11-13-27(18)20(29)10-12-28-23(32)19(35-24(28)34)14-16-6-8-17(9-7-16)25(2,3)4/h6-9,14,18H,5,10-13,15H2,1-4H3,(H,26,31)/b19-14-/t18-/m1/s1. The SMILES string of the molecule is CCOC(=O)C[C@@H]1C(=O)NCCN1C(=O)CCN1C(=O)/C(=C/c2ccc(C(C)(C)C)cc2)SC1=S. The summed E-state index contributed by atoms with van der Waals surface area (Å²) in [5, 5.41) is 2.68. The summed E-state index contributed by atoms with van der Waals surface area (Å²) < 4.78 is 5.33. The van der Waals surface area contributed by atoms with Crippen molar-refractivity contribution in [3.8, 4) is 0 Å². The number of carbonyl (C=O) groups excluding carboxylic acids is 4. The van der Waals surface area contributed by atoms with Crippen LogP contribution in [0.5, 0.6) is 0 Å². The van der Waals surface area contributed by atoms with Crippen molar-refractivity contribution in [2.75, 3.05) is 26.2 Å². The molecule has 3 amide bonds. The Balaban J connectivity index is 1.64. The molecular formula is C25H31N3O5S2. The first-order valence-electron chi connectivity index (χ1n) is 11.6. The Labute approximate surface area is 215 Å². The van der Waals surface area contributed by atoms with Gasteiger partial charge < -0.3 is 15.0 Å². The molecule has 8 nitrogen and oxygen atoms in total. The Kier molecular flexibility index (Phi) is 8.71. The van der Waals surface area contributed by atoms with Crippen LogP contribution in [0.15, 0.2) is 29.2 Å². The lowest BCUT2D eigenvalue weighted by atomic mass is 9.87. The fourth-order valence-electron chi connectivity index (χ4n) is 3.87. The van der Waals surface area contributed by atoms with Crippen molar-refractivity contribution in [3.63, 3.8) is 0 Å². The maximum absolute atomic E-state index is 13.0. The van der Waals surface area contributed by atoms with E-state index >= 15 is 0 Å². The first kappa shape index (κ1) is 26.9. The smallest absolute Gasteiger partial charge is 0.308 e. The van der Waals surface area contributed by atoms with Gasteiger partial charge in [0.25, 0.3) is 5.91 Å². The van der Waals surface area contributed by atoms with Crippen molar-refractivity contribution in [2.24, 2.45) is 0 Å². The Morgan fingerprint density at radius 3 is 2.54 bits per heavy atom. The zero-order valence-corrected chi connectivity index (χ0v) is 22.1. The molecule has 0 saturated carbocycles. The Bertz CT molecular complexity index is 1050. The van der Waals surface area contributed by atoms with Gasteiger partial charge in [-0.3, -0.25) is 24.1 Å². The highest BCUT2D eigenvalue weighted by Crippen LogP contribution is 2.33. The van der Waals surface area contributed by atoms with Crippen LogP contribution in [0, 0.1) is 0 Å². The molecule has 2 heterocycles. The van der Waals surface area contributed by atoms with Gasteiger partial charge in [-0.25, -0.2) is 0 Å². The third-order valence-electron chi connectivity index (χ3n) is 5.81. The van der Waals surface area contributed by atoms with E-state index in [0.717, 1.165) is 5.56 Å². The summed E-state index contributed by atoms with van der Waals surface area (Å²) in [5.74, 6) is -1.48. The summed E-state index contributed by atoms with van der Waals surface area (Å²) in [7, 11) is 0. The van der Waals surface area contributed by atoms with Crippen molar-refractivity contribution < 1.29 is 23.9 Å². The monoisotopic (exact) mass is 517 g/mol. The number of amides is 3. The molecular weight excluding hydrogens is 486 g/mol. The van der Waals surface area contributed by atoms with Gasteiger partial charge in [-0.1, -0.05) is 69.0 Å². The number of thiocarbonyl (C=S) groups is 1. The molecule has 0 unspecified atom stereocenters. The number of hydrogen-bond donors (Lipinski definition) is 1. The molecule has 1 N–H and O–H groups in total. The van der Waals surface area contributed by atoms with Crippen molar-refractivity contribution in [3.05, 3.63) is 40.3 Å². The number of ether oxygens (including phenoxy) is 1. The Hall–Kier alpha value is -2.72. The van der Waals surface area contributed by atoms with E-state index in [2.05, 4.69) is 26.1 Å². The predicted octanol–water partition coefficient (Wildman–Crippen LogP) is 2.86. The highest BCUT2D eigenvalue weighted by Gasteiger charge is 2.37. The van der Waals surface area contributed by atoms with Crippen LogP contribution < -0.4 is 5.32 Å². The number of hydrogen-bond acceptors (Lipinski definition) is 7. The summed E-state index contributed by atoms with van der Waals surface area (Å²) in [5.41, 5.74) is 2.14. The molecule has 3 rings (SSSR count). The van der Waals surface area contributed by atoms with Crippen LogP contribution in [0.4, 0.5) is 0 Å². The molecule has 1 aromatic carbocycles. The number of carbonyl (C=O) groups is 4. The average molecular weight is 518 g/mol. The maximum Gasteiger partial charge on any atom is 0.308 e. The van der Waals surface area contributed by atoms with Crippen molar-refractivity contribution in [1.82, 2.24) is 15.1 Å². The van der Waals surface area contributed by atoms with Gasteiger partial charge >= 0.3 is 5.97 Å². The summed E-state index contributed by atoms with van der Waals surface area (Å²) >= 11 is 6.60. The van der Waals surface area contributed by atoms with Crippen LogP contribution in [-0.2, 0) is 29.3 Å². The average Bonchev–Trinajstić information content (AvgIpc) is 3.05. The fraction of sp³-hybridized carbons (Fsp3) is 0.480. The van der Waals surface area contributed by atoms with Crippen molar-refractivity contribution in [2.45, 2.75) is 52.0 Å². The van der Waals surface area contributed by atoms with E-state index in [1.165, 1.54) is 27.1 Å². The minimum atomic E-state index is -0.919. The van der Waals surface area contributed by atoms with Gasteiger partial charge in [-0.2, -0.15) is 0 Å². The highest BCUT2D eigenvalue weighted by molar-refractivity contribution is 8.26. The van der Waals surface area contributed by atoms with Crippen molar-refractivity contribution in [1.29, 1.82) is 0 Å². The van der Waals surface area contributed by atoms with E-state index in [1.807, 2.05) is 24.3 Å². The molecule has 2 saturated heterocycles. The largest absolute Gasteiger partial charge is 0.466 e. The number of esters is 1. The predicted molar refractivity (Wildman–Crippen MR) is 139 cm³/mol. The maximum atomic E-state index is 13.0. The number of piperazine rings is 1. The molecule has 2 aliphatic rings. The van der Waals surface area contributed by atoms with E-state index in [0.29, 0.717) is 15.8 Å². The van der Waals surface area contributed by atoms with Crippen LogP contribution in [0.3, 0.4) is 0 Å². The molecule has 1 atom stereocenters. The third-order valence-corrected chi connectivity index (χ3v) is 7.19. The van der Waals surface area contributed by atoms with Crippen LogP contribution in [0.25, 0.3) is 6.08 Å². The lowest BCUT2D eigenvalue weighted by molar-refractivity contribution is -0.151. The zero-order chi connectivity index (χ0) is 25.8. The molecule has 0 aliphatic carbocycles. The minimum Gasteiger partial charge on any atom is -0.466 e. The van der Waals surface area contributed by atoms with Crippen LogP contribution in [-0.4, -0.2) is 70.1 Å². The first-order chi connectivity index (χ1) is 16.5. The second-order valence-corrected chi connectivity index (χ2v) is 11.0. The molecule has 0 bridgehead atoms. The van der Waals surface area contributed by atoms with Crippen LogP contribution in [0.1, 0.15) is 51.7 Å². The third kappa shape index (κ3) is 6.70. The lowest BCUT2D eigenvalue weighted by Crippen LogP contribution is -2.58. The quantitative estimate of drug-likeness (QED) is 0.338. The molecule has 2 fully saturated rings. The topological polar surface area (TPSA) is 96.0 Å². The second kappa shape index (κ2) is 11.3. The zero-order valence-electron chi connectivity index (χ0n) is 20.5. The number of nitrogens with one attached hydrogen (secondary N) is 1. The molecule has 188 valence electrons. The Morgan fingerprint density at radius 2 is 1.91 bits per heavy atom. The second-order valence-electron chi connectivity index (χ2n) is 9.36. The molecule has 0 radical (unpaired) electrons. The van der Waals surface area contributed by atoms with Crippen molar-refractivity contribution >= 4 is 58.1 Å². The number of nitrogens with zero attached hydrogens (tertiary/aromatic N) is 2. The van der Waals surface area contributed by atoms with Gasteiger partial charge in [-0.05, 0) is 29.5 Å². The molecule has 0 spiro atoms. The minimum absolute atomic E-state index is 0.00734. The Morgan fingerprint density at radius 1 is 1.23 bits per heavy atom. The summed E-state index contributed by atoms with van der Waals surface area (Å²) in [6.07, 6.45) is 1.59. The van der Waals surface area contributed by atoms with Gasteiger partial charge in [0.2, 0.25) is 11.8 Å². The van der Waals surface area contributed by atoms with Crippen LogP contribution >= 0.6 is 24.0 Å². The number of benzene rings is 1. The highest BCUT2D eigenvalue weighted by atomic mass is 32.2. The van der Waals surface area contributed by atoms with E-state index in [1.54, 1.807) is 13.0 Å². The fourth-order valence-corrected chi connectivity index (χ4v) is 5.18. The van der Waals surface area contributed by atoms with E-state index in [-0.39, 0.29) is 55.7 Å². The summed E-state index contributed by atoms with van der Waals surface area (Å²) in [6.45, 7) is 9.01. The van der Waals surface area contributed by atoms with Gasteiger partial charge in [0.1, 0.15) is 10.4 Å². The summed E-state index contributed by atoms with van der Waals surface area (Å²) in [6, 6.07) is 7.13. The van der Waals surface area contributed by atoms with Gasteiger partial charge in [0, 0.05) is 26.1 Å². The summed E-state index contributed by atoms with van der Waals surface area (Å²) in [4.78, 5) is 53.4. The molecule has 1 aromatic rings. The van der Waals surface area contributed by atoms with Gasteiger partial charge in [0.15, 0.2) is 0 Å².